The molecule has 20 heavy (non-hydrogen) atoms. The van der Waals surface area contributed by atoms with Crippen molar-refractivity contribution in [3.05, 3.63) is 47.0 Å². The molecule has 3 rings (SSSR count). The van der Waals surface area contributed by atoms with E-state index in [4.69, 9.17) is 16.0 Å². The molecule has 106 valence electrons. The van der Waals surface area contributed by atoms with Crippen molar-refractivity contribution in [1.82, 2.24) is 10.3 Å². The zero-order valence-corrected chi connectivity index (χ0v) is 12.2. The van der Waals surface area contributed by atoms with Crippen molar-refractivity contribution >= 4 is 17.4 Å². The number of nitrogens with zero attached hydrogens (tertiary/aromatic N) is 2. The molecule has 1 aliphatic rings. The number of hydrogen-bond donors (Lipinski definition) is 1. The van der Waals surface area contributed by atoms with E-state index >= 15 is 0 Å². The summed E-state index contributed by atoms with van der Waals surface area (Å²) in [7, 11) is 2.00. The molecule has 4 nitrogen and oxygen atoms in total. The fourth-order valence-corrected chi connectivity index (χ4v) is 2.24. The second-order valence-electron chi connectivity index (χ2n) is 5.22. The zero-order valence-electron chi connectivity index (χ0n) is 11.5. The topological polar surface area (TPSA) is 41.3 Å². The molecule has 0 bridgehead atoms. The average molecular weight is 292 g/mol. The Labute approximate surface area is 123 Å². The number of pyridine rings is 1. The molecule has 0 radical (unpaired) electrons. The Balaban J connectivity index is 1.69. The number of furan rings is 1. The maximum Gasteiger partial charge on any atom is 0.129 e. The number of rotatable bonds is 6. The molecule has 5 heteroatoms. The van der Waals surface area contributed by atoms with E-state index in [1.165, 1.54) is 12.8 Å². The first-order valence-corrected chi connectivity index (χ1v) is 7.21. The second kappa shape index (κ2) is 5.85. The van der Waals surface area contributed by atoms with E-state index in [0.717, 1.165) is 23.7 Å². The number of nitrogens with one attached hydrogen (secondary N) is 1. The van der Waals surface area contributed by atoms with Crippen LogP contribution in [0.4, 0.5) is 5.82 Å². The standard InChI is InChI=1S/C15H18ClN3O/c1-19(10-13-3-2-6-20-13)15-7-11(14(16)9-18-15)8-17-12-4-5-12/h2-3,6-7,9,12,17H,4-5,8,10H2,1H3. The van der Waals surface area contributed by atoms with Crippen LogP contribution in [-0.2, 0) is 13.1 Å². The fraction of sp³-hybridized carbons (Fsp3) is 0.400. The first-order valence-electron chi connectivity index (χ1n) is 6.83. The van der Waals surface area contributed by atoms with E-state index < -0.39 is 0 Å². The third-order valence-electron chi connectivity index (χ3n) is 3.44. The molecule has 0 atom stereocenters. The van der Waals surface area contributed by atoms with Crippen molar-refractivity contribution in [3.63, 3.8) is 0 Å². The van der Waals surface area contributed by atoms with Gasteiger partial charge in [-0.05, 0) is 36.6 Å². The molecule has 2 aromatic heterocycles. The van der Waals surface area contributed by atoms with Crippen molar-refractivity contribution in [2.75, 3.05) is 11.9 Å². The number of anilines is 1. The van der Waals surface area contributed by atoms with Gasteiger partial charge in [0.2, 0.25) is 0 Å². The molecular weight excluding hydrogens is 274 g/mol. The summed E-state index contributed by atoms with van der Waals surface area (Å²) in [4.78, 5) is 6.44. The molecule has 2 heterocycles. The number of hydrogen-bond acceptors (Lipinski definition) is 4. The zero-order chi connectivity index (χ0) is 13.9. The van der Waals surface area contributed by atoms with E-state index in [0.29, 0.717) is 17.6 Å². The molecule has 1 N–H and O–H groups in total. The van der Waals surface area contributed by atoms with Crippen LogP contribution in [0, 0.1) is 0 Å². The molecular formula is C15H18ClN3O. The highest BCUT2D eigenvalue weighted by atomic mass is 35.5. The van der Waals surface area contributed by atoms with Crippen LogP contribution in [0.25, 0.3) is 0 Å². The van der Waals surface area contributed by atoms with Crippen LogP contribution in [-0.4, -0.2) is 18.1 Å². The van der Waals surface area contributed by atoms with Gasteiger partial charge < -0.3 is 14.6 Å². The summed E-state index contributed by atoms with van der Waals surface area (Å²) in [5.41, 5.74) is 1.09. The van der Waals surface area contributed by atoms with Gasteiger partial charge in [0.05, 0.1) is 17.8 Å². The Morgan fingerprint density at radius 1 is 1.50 bits per heavy atom. The largest absolute Gasteiger partial charge is 0.467 e. The van der Waals surface area contributed by atoms with Gasteiger partial charge in [-0.15, -0.1) is 0 Å². The first kappa shape index (κ1) is 13.5. The molecule has 2 aromatic rings. The van der Waals surface area contributed by atoms with Crippen molar-refractivity contribution < 1.29 is 4.42 Å². The van der Waals surface area contributed by atoms with Crippen LogP contribution in [0.2, 0.25) is 5.02 Å². The molecule has 0 amide bonds. The Kier molecular flexibility index (Phi) is 3.94. The summed E-state index contributed by atoms with van der Waals surface area (Å²) in [5, 5.41) is 4.19. The molecule has 0 spiro atoms. The number of halogens is 1. The molecule has 0 aliphatic heterocycles. The molecule has 1 saturated carbocycles. The van der Waals surface area contributed by atoms with Gasteiger partial charge in [0.15, 0.2) is 0 Å². The van der Waals surface area contributed by atoms with E-state index in [-0.39, 0.29) is 0 Å². The van der Waals surface area contributed by atoms with Gasteiger partial charge in [-0.3, -0.25) is 0 Å². The summed E-state index contributed by atoms with van der Waals surface area (Å²) in [5.74, 6) is 1.82. The van der Waals surface area contributed by atoms with Crippen LogP contribution < -0.4 is 10.2 Å². The summed E-state index contributed by atoms with van der Waals surface area (Å²) >= 11 is 6.21. The second-order valence-corrected chi connectivity index (χ2v) is 5.63. The summed E-state index contributed by atoms with van der Waals surface area (Å²) in [6.07, 6.45) is 5.95. The lowest BCUT2D eigenvalue weighted by Gasteiger charge is -2.18. The van der Waals surface area contributed by atoms with Gasteiger partial charge in [0.25, 0.3) is 0 Å². The van der Waals surface area contributed by atoms with E-state index in [1.54, 1.807) is 12.5 Å². The van der Waals surface area contributed by atoms with E-state index in [2.05, 4.69) is 15.2 Å². The normalized spacial score (nSPS) is 14.5. The van der Waals surface area contributed by atoms with Gasteiger partial charge in [-0.1, -0.05) is 11.6 Å². The Hall–Kier alpha value is -1.52. The monoisotopic (exact) mass is 291 g/mol. The van der Waals surface area contributed by atoms with E-state index in [1.807, 2.05) is 25.2 Å². The summed E-state index contributed by atoms with van der Waals surface area (Å²) < 4.78 is 5.36. The van der Waals surface area contributed by atoms with Crippen LogP contribution in [0.15, 0.2) is 35.1 Å². The summed E-state index contributed by atoms with van der Waals surface area (Å²) in [6.45, 7) is 1.49. The minimum Gasteiger partial charge on any atom is -0.467 e. The average Bonchev–Trinajstić information content (AvgIpc) is 3.14. The highest BCUT2D eigenvalue weighted by Gasteiger charge is 2.20. The lowest BCUT2D eigenvalue weighted by Crippen LogP contribution is -2.19. The quantitative estimate of drug-likeness (QED) is 0.887. The minimum absolute atomic E-state index is 0.670. The highest BCUT2D eigenvalue weighted by molar-refractivity contribution is 6.31. The third kappa shape index (κ3) is 3.32. The lowest BCUT2D eigenvalue weighted by atomic mass is 10.2. The maximum atomic E-state index is 6.21. The molecule has 1 aliphatic carbocycles. The molecule has 0 aromatic carbocycles. The number of aromatic nitrogens is 1. The van der Waals surface area contributed by atoms with Gasteiger partial charge in [0.1, 0.15) is 11.6 Å². The SMILES string of the molecule is CN(Cc1ccco1)c1cc(CNC2CC2)c(Cl)cn1. The van der Waals surface area contributed by atoms with Gasteiger partial charge in [0, 0.05) is 25.8 Å². The van der Waals surface area contributed by atoms with E-state index in [9.17, 15) is 0 Å². The predicted octanol–water partition coefficient (Wildman–Crippen LogP) is 3.22. The maximum absolute atomic E-state index is 6.21. The first-order chi connectivity index (χ1) is 9.72. The smallest absolute Gasteiger partial charge is 0.129 e. The third-order valence-corrected chi connectivity index (χ3v) is 3.78. The van der Waals surface area contributed by atoms with Gasteiger partial charge in [-0.2, -0.15) is 0 Å². The van der Waals surface area contributed by atoms with Crippen molar-refractivity contribution in [2.45, 2.75) is 32.0 Å². The fourth-order valence-electron chi connectivity index (χ4n) is 2.07. The van der Waals surface area contributed by atoms with Crippen LogP contribution in [0.5, 0.6) is 0 Å². The Bertz CT molecular complexity index is 567. The van der Waals surface area contributed by atoms with Gasteiger partial charge >= 0.3 is 0 Å². The Morgan fingerprint density at radius 2 is 2.35 bits per heavy atom. The highest BCUT2D eigenvalue weighted by Crippen LogP contribution is 2.24. The molecule has 1 fully saturated rings. The predicted molar refractivity (Wildman–Crippen MR) is 79.9 cm³/mol. The van der Waals surface area contributed by atoms with Crippen molar-refractivity contribution in [3.8, 4) is 0 Å². The van der Waals surface area contributed by atoms with Crippen molar-refractivity contribution in [1.29, 1.82) is 0 Å². The molecule has 0 unspecified atom stereocenters. The minimum atomic E-state index is 0.670. The summed E-state index contributed by atoms with van der Waals surface area (Å²) in [6, 6.07) is 6.56. The lowest BCUT2D eigenvalue weighted by molar-refractivity contribution is 0.507. The Morgan fingerprint density at radius 3 is 3.05 bits per heavy atom. The van der Waals surface area contributed by atoms with Gasteiger partial charge in [-0.25, -0.2) is 4.98 Å². The van der Waals surface area contributed by atoms with Crippen LogP contribution >= 0.6 is 11.6 Å². The van der Waals surface area contributed by atoms with Crippen LogP contribution in [0.1, 0.15) is 24.2 Å². The van der Waals surface area contributed by atoms with Crippen LogP contribution in [0.3, 0.4) is 0 Å². The van der Waals surface area contributed by atoms with Crippen molar-refractivity contribution in [2.24, 2.45) is 0 Å². The molecule has 0 saturated heterocycles.